The van der Waals surface area contributed by atoms with E-state index in [0.717, 1.165) is 18.9 Å². The van der Waals surface area contributed by atoms with Crippen molar-refractivity contribution in [3.8, 4) is 0 Å². The molecule has 1 atom stereocenters. The van der Waals surface area contributed by atoms with Gasteiger partial charge in [-0.3, -0.25) is 0 Å². The molecule has 0 amide bonds. The minimum atomic E-state index is -1.45. The molecule has 0 saturated carbocycles. The van der Waals surface area contributed by atoms with Crippen molar-refractivity contribution in [3.63, 3.8) is 0 Å². The summed E-state index contributed by atoms with van der Waals surface area (Å²) in [4.78, 5) is 1.23. The van der Waals surface area contributed by atoms with E-state index in [0.29, 0.717) is 6.42 Å². The standard InChI is InChI=1S/C14H14F3NS/c15-11-7-6-10(13(16)14(11)17)12(18)5-1-3-9-4-2-8-19-9/h2,4,6-8,12H,1,3,5,18H2. The zero-order valence-electron chi connectivity index (χ0n) is 10.2. The van der Waals surface area contributed by atoms with E-state index in [1.54, 1.807) is 11.3 Å². The van der Waals surface area contributed by atoms with Crippen LogP contribution in [0.4, 0.5) is 13.2 Å². The molecule has 0 saturated heterocycles. The molecule has 0 spiro atoms. The molecule has 1 nitrogen and oxygen atoms in total. The van der Waals surface area contributed by atoms with E-state index in [9.17, 15) is 13.2 Å². The predicted molar refractivity (Wildman–Crippen MR) is 70.5 cm³/mol. The summed E-state index contributed by atoms with van der Waals surface area (Å²) in [6.07, 6.45) is 2.16. The first-order valence-corrected chi connectivity index (χ1v) is 6.89. The van der Waals surface area contributed by atoms with Crippen molar-refractivity contribution in [2.45, 2.75) is 25.3 Å². The first-order chi connectivity index (χ1) is 9.09. The second kappa shape index (κ2) is 6.21. The fourth-order valence-electron chi connectivity index (χ4n) is 1.93. The van der Waals surface area contributed by atoms with Crippen LogP contribution in [0, 0.1) is 17.5 Å². The molecule has 1 aromatic carbocycles. The Hall–Kier alpha value is -1.33. The fourth-order valence-corrected chi connectivity index (χ4v) is 2.68. The maximum Gasteiger partial charge on any atom is 0.194 e. The largest absolute Gasteiger partial charge is 0.324 e. The number of rotatable bonds is 5. The van der Waals surface area contributed by atoms with Gasteiger partial charge in [-0.05, 0) is 36.8 Å². The number of benzene rings is 1. The van der Waals surface area contributed by atoms with Crippen LogP contribution in [0.2, 0.25) is 0 Å². The van der Waals surface area contributed by atoms with Crippen LogP contribution >= 0.6 is 11.3 Å². The summed E-state index contributed by atoms with van der Waals surface area (Å²) < 4.78 is 39.4. The molecule has 1 unspecified atom stereocenters. The van der Waals surface area contributed by atoms with Crippen molar-refractivity contribution in [2.24, 2.45) is 5.73 Å². The highest BCUT2D eigenvalue weighted by Crippen LogP contribution is 2.24. The summed E-state index contributed by atoms with van der Waals surface area (Å²) >= 11 is 1.65. The van der Waals surface area contributed by atoms with E-state index in [-0.39, 0.29) is 5.56 Å². The van der Waals surface area contributed by atoms with Crippen LogP contribution < -0.4 is 5.73 Å². The van der Waals surface area contributed by atoms with Gasteiger partial charge in [0.15, 0.2) is 17.5 Å². The van der Waals surface area contributed by atoms with Crippen molar-refractivity contribution < 1.29 is 13.2 Å². The normalized spacial score (nSPS) is 12.6. The van der Waals surface area contributed by atoms with Crippen LogP contribution in [-0.2, 0) is 6.42 Å². The lowest BCUT2D eigenvalue weighted by molar-refractivity contribution is 0.432. The van der Waals surface area contributed by atoms with E-state index in [4.69, 9.17) is 5.73 Å². The molecule has 1 heterocycles. The van der Waals surface area contributed by atoms with E-state index >= 15 is 0 Å². The number of aryl methyl sites for hydroxylation is 1. The third-order valence-electron chi connectivity index (χ3n) is 2.98. The Balaban J connectivity index is 1.96. The summed E-state index contributed by atoms with van der Waals surface area (Å²) in [5, 5.41) is 1.99. The van der Waals surface area contributed by atoms with Gasteiger partial charge in [-0.1, -0.05) is 12.1 Å². The first-order valence-electron chi connectivity index (χ1n) is 6.01. The Labute approximate surface area is 113 Å². The third-order valence-corrected chi connectivity index (χ3v) is 3.92. The molecule has 0 aliphatic rings. The van der Waals surface area contributed by atoms with Gasteiger partial charge in [0.2, 0.25) is 0 Å². The van der Waals surface area contributed by atoms with Crippen LogP contribution in [0.3, 0.4) is 0 Å². The minimum Gasteiger partial charge on any atom is -0.324 e. The van der Waals surface area contributed by atoms with Crippen molar-refractivity contribution in [1.29, 1.82) is 0 Å². The molecule has 19 heavy (non-hydrogen) atoms. The van der Waals surface area contributed by atoms with E-state index in [1.807, 2.05) is 17.5 Å². The highest BCUT2D eigenvalue weighted by molar-refractivity contribution is 7.09. The van der Waals surface area contributed by atoms with Gasteiger partial charge in [0.05, 0.1) is 0 Å². The summed E-state index contributed by atoms with van der Waals surface area (Å²) in [6, 6.07) is 5.50. The Morgan fingerprint density at radius 1 is 1.11 bits per heavy atom. The third kappa shape index (κ3) is 3.36. The second-order valence-electron chi connectivity index (χ2n) is 4.34. The molecule has 2 aromatic rings. The van der Waals surface area contributed by atoms with Gasteiger partial charge in [0.25, 0.3) is 0 Å². The predicted octanol–water partition coefficient (Wildman–Crippen LogP) is 4.19. The molecule has 0 radical (unpaired) electrons. The van der Waals surface area contributed by atoms with Crippen LogP contribution in [-0.4, -0.2) is 0 Å². The van der Waals surface area contributed by atoms with Gasteiger partial charge >= 0.3 is 0 Å². The number of hydrogen-bond acceptors (Lipinski definition) is 2. The van der Waals surface area contributed by atoms with Gasteiger partial charge in [-0.2, -0.15) is 0 Å². The molecule has 2 N–H and O–H groups in total. The molecular formula is C14H14F3NS. The molecule has 0 aliphatic carbocycles. The summed E-state index contributed by atoms with van der Waals surface area (Å²) in [5.74, 6) is -3.82. The van der Waals surface area contributed by atoms with Crippen LogP contribution in [0.25, 0.3) is 0 Å². The zero-order valence-corrected chi connectivity index (χ0v) is 11.0. The molecule has 0 aliphatic heterocycles. The van der Waals surface area contributed by atoms with E-state index in [1.165, 1.54) is 10.9 Å². The van der Waals surface area contributed by atoms with Crippen LogP contribution in [0.1, 0.15) is 29.3 Å². The number of halogens is 3. The van der Waals surface area contributed by atoms with Crippen LogP contribution in [0.5, 0.6) is 0 Å². The average Bonchev–Trinajstić information content (AvgIpc) is 2.89. The molecule has 5 heteroatoms. The Morgan fingerprint density at radius 3 is 2.58 bits per heavy atom. The SMILES string of the molecule is NC(CCCc1cccs1)c1ccc(F)c(F)c1F. The molecule has 102 valence electrons. The lowest BCUT2D eigenvalue weighted by atomic mass is 10.0. The molecule has 0 bridgehead atoms. The topological polar surface area (TPSA) is 26.0 Å². The van der Waals surface area contributed by atoms with Gasteiger partial charge in [-0.15, -0.1) is 11.3 Å². The molecular weight excluding hydrogens is 271 g/mol. The highest BCUT2D eigenvalue weighted by Gasteiger charge is 2.17. The first kappa shape index (κ1) is 14.1. The second-order valence-corrected chi connectivity index (χ2v) is 5.37. The molecule has 0 fully saturated rings. The van der Waals surface area contributed by atoms with Gasteiger partial charge in [0.1, 0.15) is 0 Å². The summed E-state index contributed by atoms with van der Waals surface area (Å²) in [6.45, 7) is 0. The maximum absolute atomic E-state index is 13.5. The smallest absolute Gasteiger partial charge is 0.194 e. The lowest BCUT2D eigenvalue weighted by Crippen LogP contribution is -2.13. The number of hydrogen-bond donors (Lipinski definition) is 1. The Bertz CT molecular complexity index is 540. The summed E-state index contributed by atoms with van der Waals surface area (Å²) in [7, 11) is 0. The zero-order chi connectivity index (χ0) is 13.8. The average molecular weight is 285 g/mol. The van der Waals surface area contributed by atoms with Crippen molar-refractivity contribution >= 4 is 11.3 Å². The minimum absolute atomic E-state index is 0.0325. The van der Waals surface area contributed by atoms with E-state index in [2.05, 4.69) is 0 Å². The molecule has 1 aromatic heterocycles. The Kier molecular flexibility index (Phi) is 4.61. The van der Waals surface area contributed by atoms with Gasteiger partial charge < -0.3 is 5.73 Å². The quantitative estimate of drug-likeness (QED) is 0.819. The fraction of sp³-hybridized carbons (Fsp3) is 0.286. The Morgan fingerprint density at radius 2 is 1.89 bits per heavy atom. The van der Waals surface area contributed by atoms with Gasteiger partial charge in [0, 0.05) is 16.5 Å². The van der Waals surface area contributed by atoms with Crippen LogP contribution in [0.15, 0.2) is 29.6 Å². The number of nitrogens with two attached hydrogens (primary N) is 1. The number of thiophene rings is 1. The van der Waals surface area contributed by atoms with Crippen molar-refractivity contribution in [1.82, 2.24) is 0 Å². The van der Waals surface area contributed by atoms with Gasteiger partial charge in [-0.25, -0.2) is 13.2 Å². The monoisotopic (exact) mass is 285 g/mol. The maximum atomic E-state index is 13.5. The summed E-state index contributed by atoms with van der Waals surface area (Å²) in [5.41, 5.74) is 5.86. The molecule has 2 rings (SSSR count). The van der Waals surface area contributed by atoms with Crippen molar-refractivity contribution in [3.05, 3.63) is 57.5 Å². The highest BCUT2D eigenvalue weighted by atomic mass is 32.1. The van der Waals surface area contributed by atoms with Crippen molar-refractivity contribution in [2.75, 3.05) is 0 Å². The lowest BCUT2D eigenvalue weighted by Gasteiger charge is -2.13. The van der Waals surface area contributed by atoms with E-state index < -0.39 is 23.5 Å².